The fraction of sp³-hybridized carbons (Fsp3) is 0.929. The van der Waals surface area contributed by atoms with E-state index in [1.165, 1.54) is 6.92 Å². The summed E-state index contributed by atoms with van der Waals surface area (Å²) in [5, 5.41) is 121. The Morgan fingerprint density at radius 2 is 1.40 bits per heavy atom. The van der Waals surface area contributed by atoms with E-state index in [-0.39, 0.29) is 30.6 Å². The highest BCUT2D eigenvalue weighted by Gasteiger charge is 2.74. The molecule has 0 amide bonds. The van der Waals surface area contributed by atoms with E-state index in [4.69, 9.17) is 18.9 Å². The maximum Gasteiger partial charge on any atom is 0.317 e. The summed E-state index contributed by atoms with van der Waals surface area (Å²) in [6.45, 7) is 12.5. The Labute approximate surface area is 339 Å². The lowest BCUT2D eigenvalue weighted by Gasteiger charge is -2.73. The van der Waals surface area contributed by atoms with E-state index in [9.17, 15) is 61.0 Å². The highest BCUT2D eigenvalue weighted by Crippen LogP contribution is 2.76. The summed E-state index contributed by atoms with van der Waals surface area (Å²) in [5.74, 6) is -2.11. The number of carbonyl (C=O) groups is 1. The molecule has 0 spiro atoms. The topological polar surface area (TPSA) is 277 Å². The van der Waals surface area contributed by atoms with Gasteiger partial charge in [0.25, 0.3) is 0 Å². The molecule has 0 aromatic heterocycles. The van der Waals surface area contributed by atoms with Gasteiger partial charge < -0.3 is 75.1 Å². The minimum Gasteiger partial charge on any atom is -0.432 e. The molecule has 0 aromatic carbocycles. The van der Waals surface area contributed by atoms with Gasteiger partial charge in [-0.15, -0.1) is 0 Å². The van der Waals surface area contributed by atoms with Gasteiger partial charge in [-0.05, 0) is 85.4 Å². The second-order valence-electron chi connectivity index (χ2n) is 20.9. The normalized spacial score (nSPS) is 56.5. The van der Waals surface area contributed by atoms with Crippen LogP contribution in [0.2, 0.25) is 0 Å². The largest absolute Gasteiger partial charge is 0.432 e. The predicted molar refractivity (Wildman–Crippen MR) is 202 cm³/mol. The first kappa shape index (κ1) is 44.7. The highest BCUT2D eigenvalue weighted by atomic mass is 16.7. The van der Waals surface area contributed by atoms with E-state index in [1.54, 1.807) is 6.92 Å². The van der Waals surface area contributed by atoms with Crippen LogP contribution >= 0.6 is 0 Å². The molecule has 22 atom stereocenters. The number of aliphatic hydroxyl groups excluding tert-OH is 11. The number of aliphatic hydroxyl groups is 11. The van der Waals surface area contributed by atoms with Gasteiger partial charge in [-0.3, -0.25) is 4.79 Å². The molecule has 7 aliphatic rings. The van der Waals surface area contributed by atoms with Crippen LogP contribution in [0.3, 0.4) is 0 Å². The van der Waals surface area contributed by atoms with Crippen LogP contribution in [0.1, 0.15) is 93.4 Å². The van der Waals surface area contributed by atoms with Crippen LogP contribution < -0.4 is 0 Å². The molecule has 58 heavy (non-hydrogen) atoms. The summed E-state index contributed by atoms with van der Waals surface area (Å²) in [6, 6.07) is 0. The lowest BCUT2D eigenvalue weighted by Crippen LogP contribution is -2.73. The lowest BCUT2D eigenvalue weighted by atomic mass is 9.32. The molecule has 332 valence electrons. The zero-order valence-electron chi connectivity index (χ0n) is 34.7. The number of ether oxygens (including phenoxy) is 4. The van der Waals surface area contributed by atoms with Crippen LogP contribution in [0.4, 0.5) is 0 Å². The molecule has 6 fully saturated rings. The Bertz CT molecular complexity index is 1590. The molecular formula is C42H68O16. The molecular weight excluding hydrogens is 760 g/mol. The van der Waals surface area contributed by atoms with Crippen molar-refractivity contribution >= 4 is 5.97 Å². The third-order valence-electron chi connectivity index (χ3n) is 17.2. The highest BCUT2D eigenvalue weighted by molar-refractivity contribution is 5.80. The van der Waals surface area contributed by atoms with E-state index in [2.05, 4.69) is 33.8 Å². The summed E-state index contributed by atoms with van der Waals surface area (Å²) in [7, 11) is 0. The smallest absolute Gasteiger partial charge is 0.317 e. The predicted octanol–water partition coefficient (Wildman–Crippen LogP) is -0.771. The molecule has 16 heteroatoms. The molecule has 0 radical (unpaired) electrons. The van der Waals surface area contributed by atoms with E-state index in [0.717, 1.165) is 5.57 Å². The molecule has 2 heterocycles. The Morgan fingerprint density at radius 1 is 0.759 bits per heavy atom. The third-order valence-corrected chi connectivity index (χ3v) is 17.2. The molecule has 2 aliphatic heterocycles. The van der Waals surface area contributed by atoms with Crippen LogP contribution in [-0.2, 0) is 23.7 Å². The van der Waals surface area contributed by atoms with Gasteiger partial charge in [-0.2, -0.15) is 0 Å². The maximum absolute atomic E-state index is 14.6. The quantitative estimate of drug-likeness (QED) is 0.0891. The number of allylic oxidation sites excluding steroid dienone is 2. The molecule has 4 saturated carbocycles. The van der Waals surface area contributed by atoms with Gasteiger partial charge in [0.1, 0.15) is 48.1 Å². The van der Waals surface area contributed by atoms with Gasteiger partial charge in [0.2, 0.25) is 6.29 Å². The zero-order chi connectivity index (χ0) is 42.9. The van der Waals surface area contributed by atoms with Crippen molar-refractivity contribution in [3.8, 4) is 0 Å². The summed E-state index contributed by atoms with van der Waals surface area (Å²) in [4.78, 5) is 14.6. The van der Waals surface area contributed by atoms with Gasteiger partial charge in [0, 0.05) is 11.3 Å². The number of carbonyl (C=O) groups excluding carboxylic acids is 1. The summed E-state index contributed by atoms with van der Waals surface area (Å²) in [5.41, 5.74) is -4.29. The number of fused-ring (bicyclic) bond motifs is 7. The second kappa shape index (κ2) is 14.9. The second-order valence-corrected chi connectivity index (χ2v) is 20.9. The minimum atomic E-state index is -1.74. The molecule has 11 N–H and O–H groups in total. The van der Waals surface area contributed by atoms with Crippen molar-refractivity contribution in [1.29, 1.82) is 0 Å². The van der Waals surface area contributed by atoms with E-state index < -0.39 is 144 Å². The van der Waals surface area contributed by atoms with Crippen LogP contribution in [0.5, 0.6) is 0 Å². The average molecular weight is 829 g/mol. The molecule has 3 unspecified atom stereocenters. The van der Waals surface area contributed by atoms with E-state index >= 15 is 0 Å². The van der Waals surface area contributed by atoms with Gasteiger partial charge in [-0.1, -0.05) is 53.2 Å². The first-order chi connectivity index (χ1) is 26.9. The van der Waals surface area contributed by atoms with Crippen molar-refractivity contribution in [2.24, 2.45) is 50.2 Å². The van der Waals surface area contributed by atoms with Crippen molar-refractivity contribution in [3.05, 3.63) is 11.6 Å². The molecule has 0 aromatic rings. The van der Waals surface area contributed by atoms with Gasteiger partial charge in [0.05, 0.1) is 43.7 Å². The lowest BCUT2D eigenvalue weighted by molar-refractivity contribution is -0.351. The molecule has 0 bridgehead atoms. The van der Waals surface area contributed by atoms with Crippen molar-refractivity contribution in [1.82, 2.24) is 0 Å². The van der Waals surface area contributed by atoms with Crippen LogP contribution in [0, 0.1) is 50.2 Å². The minimum absolute atomic E-state index is 0.115. The Balaban J connectivity index is 1.23. The summed E-state index contributed by atoms with van der Waals surface area (Å²) in [6.07, 6.45) is -15.2. The van der Waals surface area contributed by atoms with Crippen molar-refractivity contribution in [3.63, 3.8) is 0 Å². The number of rotatable bonds is 6. The number of hydrogen-bond acceptors (Lipinski definition) is 16. The molecule has 16 nitrogen and oxygen atoms in total. The number of esters is 1. The monoisotopic (exact) mass is 828 g/mol. The van der Waals surface area contributed by atoms with Gasteiger partial charge >= 0.3 is 5.97 Å². The standard InChI is InChI=1S/C42H68O16/c1-18-26(48)28(50)30(52)34(55-18)58-36(54)42-11-10-37(2,3)12-20(42)19-8-9-24-38(4)13-22(46)33(57-35-31(53)29(51)27(49)23(16-43)56-35)39(5,17-44)32(38)21(45)14-41(24,7)40(19,6)15-25(42)47/h8,18,20-35,43-53H,9-17H2,1-7H3/t18-,20?,21-,22+,23-,24?,25-,26+,27-,28-,29+,30-,31-,32?,33+,34-,35+,38-,39+,40-,41-,42-/m1/s1. The van der Waals surface area contributed by atoms with Crippen LogP contribution in [0.15, 0.2) is 11.6 Å². The third kappa shape index (κ3) is 6.25. The first-order valence-electron chi connectivity index (χ1n) is 21.1. The van der Waals surface area contributed by atoms with Crippen LogP contribution in [-0.4, -0.2) is 161 Å². The van der Waals surface area contributed by atoms with Crippen molar-refractivity contribution in [2.75, 3.05) is 13.2 Å². The number of hydrogen-bond donors (Lipinski definition) is 11. The van der Waals surface area contributed by atoms with Crippen molar-refractivity contribution in [2.45, 2.75) is 179 Å². The van der Waals surface area contributed by atoms with E-state index in [0.29, 0.717) is 25.7 Å². The fourth-order valence-electron chi connectivity index (χ4n) is 13.9. The van der Waals surface area contributed by atoms with Gasteiger partial charge in [-0.25, -0.2) is 0 Å². The Hall–Kier alpha value is -1.35. The van der Waals surface area contributed by atoms with E-state index in [1.807, 2.05) is 6.92 Å². The maximum atomic E-state index is 14.6. The fourth-order valence-corrected chi connectivity index (χ4v) is 13.9. The average Bonchev–Trinajstić information content (AvgIpc) is 3.14. The van der Waals surface area contributed by atoms with Gasteiger partial charge in [0.15, 0.2) is 6.29 Å². The molecule has 2 saturated heterocycles. The van der Waals surface area contributed by atoms with Crippen molar-refractivity contribution < 1.29 is 79.9 Å². The molecule has 7 rings (SSSR count). The van der Waals surface area contributed by atoms with Crippen LogP contribution in [0.25, 0.3) is 0 Å². The summed E-state index contributed by atoms with van der Waals surface area (Å²) >= 11 is 0. The Morgan fingerprint density at radius 3 is 2.03 bits per heavy atom. The Kier molecular flexibility index (Phi) is 11.5. The SMILES string of the molecule is C[C@H]1O[C@H](OC(=O)[C@]23CCC(C)(C)CC2C2=CCC4[C@@]5(C)C[C@H](O)[C@H](O[C@@H]6O[C@H](CO)[C@@H](O)[C@H](O)[C@H]6O)[C@@](C)(CO)C5[C@H](O)C[C@@]4(C)[C@]2(C)C[C@H]3O)[C@H](O)[C@H](O)[C@H]1O. The zero-order valence-corrected chi connectivity index (χ0v) is 34.7. The summed E-state index contributed by atoms with van der Waals surface area (Å²) < 4.78 is 23.4. The molecule has 5 aliphatic carbocycles. The first-order valence-corrected chi connectivity index (χ1v) is 21.1.